The molecule has 0 amide bonds. The van der Waals surface area contributed by atoms with Crippen LogP contribution in [0.2, 0.25) is 0 Å². The van der Waals surface area contributed by atoms with E-state index in [1.165, 1.54) is 69.5 Å². The highest BCUT2D eigenvalue weighted by molar-refractivity contribution is 8.13. The molecule has 128 valence electrons. The Morgan fingerprint density at radius 2 is 1.59 bits per heavy atom. The fourth-order valence-electron chi connectivity index (χ4n) is 3.14. The number of hydrogen-bond acceptors (Lipinski definition) is 3. The van der Waals surface area contributed by atoms with Gasteiger partial charge in [0.2, 0.25) is 0 Å². The van der Waals surface area contributed by atoms with Crippen LogP contribution in [0.3, 0.4) is 0 Å². The molecule has 0 aromatic heterocycles. The summed E-state index contributed by atoms with van der Waals surface area (Å²) in [6, 6.07) is 0. The Labute approximate surface area is 141 Å². The average molecular weight is 327 g/mol. The molecule has 0 bridgehead atoms. The molecule has 1 rings (SSSR count). The van der Waals surface area contributed by atoms with Gasteiger partial charge in [0.1, 0.15) is 5.78 Å². The molecule has 22 heavy (non-hydrogen) atoms. The second-order valence-electron chi connectivity index (χ2n) is 6.75. The Bertz CT molecular complexity index is 315. The van der Waals surface area contributed by atoms with E-state index in [0.717, 1.165) is 18.6 Å². The molecular weight excluding hydrogens is 292 g/mol. The predicted octanol–water partition coefficient (Wildman–Crippen LogP) is 5.93. The normalized spacial score (nSPS) is 18.0. The first-order chi connectivity index (χ1) is 10.7. The van der Waals surface area contributed by atoms with E-state index in [1.807, 2.05) is 0 Å². The maximum atomic E-state index is 11.8. The number of rotatable bonds is 13. The van der Waals surface area contributed by atoms with Crippen molar-refractivity contribution in [1.29, 1.82) is 0 Å². The number of unbranched alkanes of at least 4 members (excludes halogenated alkanes) is 9. The van der Waals surface area contributed by atoms with E-state index in [1.54, 1.807) is 0 Å². The van der Waals surface area contributed by atoms with Crippen molar-refractivity contribution in [2.24, 2.45) is 5.92 Å². The first-order valence-corrected chi connectivity index (χ1v) is 10.4. The highest BCUT2D eigenvalue weighted by atomic mass is 32.2. The smallest absolute Gasteiger partial charge is 0.189 e. The SMILES string of the molecule is CCCCCCCCCCCCSC(=O)C[C@H]1CCC(=O)C1. The van der Waals surface area contributed by atoms with Gasteiger partial charge in [-0.3, -0.25) is 9.59 Å². The number of carbonyl (C=O) groups is 2. The van der Waals surface area contributed by atoms with Crippen LogP contribution in [0.5, 0.6) is 0 Å². The molecule has 1 aliphatic rings. The molecule has 1 aliphatic carbocycles. The lowest BCUT2D eigenvalue weighted by Crippen LogP contribution is -2.03. The van der Waals surface area contributed by atoms with E-state index in [-0.39, 0.29) is 0 Å². The zero-order valence-corrected chi connectivity index (χ0v) is 15.2. The number of carbonyl (C=O) groups excluding carboxylic acids is 2. The van der Waals surface area contributed by atoms with Gasteiger partial charge < -0.3 is 0 Å². The van der Waals surface area contributed by atoms with Gasteiger partial charge in [0.15, 0.2) is 5.12 Å². The molecule has 0 aromatic rings. The lowest BCUT2D eigenvalue weighted by Gasteiger charge is -2.06. The Kier molecular flexibility index (Phi) is 11.8. The van der Waals surface area contributed by atoms with E-state index < -0.39 is 0 Å². The van der Waals surface area contributed by atoms with Gasteiger partial charge >= 0.3 is 0 Å². The molecule has 0 spiro atoms. The quantitative estimate of drug-likeness (QED) is 0.394. The summed E-state index contributed by atoms with van der Waals surface area (Å²) >= 11 is 1.49. The van der Waals surface area contributed by atoms with Crippen LogP contribution in [-0.2, 0) is 9.59 Å². The van der Waals surface area contributed by atoms with Gasteiger partial charge in [-0.1, -0.05) is 76.5 Å². The highest BCUT2D eigenvalue weighted by Crippen LogP contribution is 2.27. The highest BCUT2D eigenvalue weighted by Gasteiger charge is 2.24. The molecule has 2 nitrogen and oxygen atoms in total. The number of thioether (sulfide) groups is 1. The standard InChI is InChI=1S/C19H34O2S/c1-2-3-4-5-6-7-8-9-10-11-14-22-19(21)16-17-12-13-18(20)15-17/h17H,2-16H2,1H3/t17-/m0/s1. The molecule has 0 saturated heterocycles. The van der Waals surface area contributed by atoms with E-state index >= 15 is 0 Å². The minimum Gasteiger partial charge on any atom is -0.300 e. The van der Waals surface area contributed by atoms with Crippen molar-refractivity contribution in [3.05, 3.63) is 0 Å². The molecule has 0 aromatic carbocycles. The van der Waals surface area contributed by atoms with E-state index in [9.17, 15) is 9.59 Å². The third kappa shape index (κ3) is 10.4. The van der Waals surface area contributed by atoms with Crippen LogP contribution in [-0.4, -0.2) is 16.7 Å². The molecule has 0 heterocycles. The zero-order valence-electron chi connectivity index (χ0n) is 14.4. The summed E-state index contributed by atoms with van der Waals surface area (Å²) in [6.07, 6.45) is 16.3. The van der Waals surface area contributed by atoms with Crippen LogP contribution in [0.25, 0.3) is 0 Å². The maximum Gasteiger partial charge on any atom is 0.189 e. The average Bonchev–Trinajstić information content (AvgIpc) is 2.90. The second-order valence-corrected chi connectivity index (χ2v) is 7.91. The summed E-state index contributed by atoms with van der Waals surface area (Å²) in [5.41, 5.74) is 0. The molecule has 0 N–H and O–H groups in total. The van der Waals surface area contributed by atoms with Crippen molar-refractivity contribution in [2.75, 3.05) is 5.75 Å². The molecule has 1 atom stereocenters. The largest absolute Gasteiger partial charge is 0.300 e. The van der Waals surface area contributed by atoms with Crippen LogP contribution in [0.4, 0.5) is 0 Å². The molecule has 0 unspecified atom stereocenters. The Balaban J connectivity index is 1.81. The van der Waals surface area contributed by atoms with Gasteiger partial charge in [-0.15, -0.1) is 0 Å². The van der Waals surface area contributed by atoms with Crippen LogP contribution >= 0.6 is 11.8 Å². The zero-order chi connectivity index (χ0) is 16.0. The lowest BCUT2D eigenvalue weighted by molar-refractivity contribution is -0.117. The van der Waals surface area contributed by atoms with Gasteiger partial charge in [-0.2, -0.15) is 0 Å². The first-order valence-electron chi connectivity index (χ1n) is 9.39. The van der Waals surface area contributed by atoms with Crippen LogP contribution < -0.4 is 0 Å². The summed E-state index contributed by atoms with van der Waals surface area (Å²) in [7, 11) is 0. The monoisotopic (exact) mass is 326 g/mol. The van der Waals surface area contributed by atoms with Gasteiger partial charge in [-0.25, -0.2) is 0 Å². The summed E-state index contributed by atoms with van der Waals surface area (Å²) in [4.78, 5) is 23.0. The van der Waals surface area contributed by atoms with Crippen molar-refractivity contribution in [1.82, 2.24) is 0 Å². The van der Waals surface area contributed by atoms with Crippen molar-refractivity contribution in [3.63, 3.8) is 0 Å². The summed E-state index contributed by atoms with van der Waals surface area (Å²) in [5, 5.41) is 0.302. The van der Waals surface area contributed by atoms with E-state index in [0.29, 0.717) is 36.1 Å². The first kappa shape index (κ1) is 19.7. The van der Waals surface area contributed by atoms with Crippen LogP contribution in [0.15, 0.2) is 0 Å². The van der Waals surface area contributed by atoms with E-state index in [4.69, 9.17) is 0 Å². The number of Topliss-reactive ketones (excluding diaryl/α,β-unsaturated/α-hetero) is 1. The van der Waals surface area contributed by atoms with Crippen molar-refractivity contribution < 1.29 is 9.59 Å². The van der Waals surface area contributed by atoms with E-state index in [2.05, 4.69) is 6.92 Å². The maximum absolute atomic E-state index is 11.8. The minimum atomic E-state index is 0.302. The van der Waals surface area contributed by atoms with Crippen molar-refractivity contribution in [2.45, 2.75) is 96.8 Å². The molecule has 1 saturated carbocycles. The predicted molar refractivity (Wildman–Crippen MR) is 96.3 cm³/mol. The van der Waals surface area contributed by atoms with Gasteiger partial charge in [0, 0.05) is 25.0 Å². The third-order valence-electron chi connectivity index (χ3n) is 4.56. The van der Waals surface area contributed by atoms with Crippen molar-refractivity contribution in [3.8, 4) is 0 Å². The summed E-state index contributed by atoms with van der Waals surface area (Å²) in [6.45, 7) is 2.26. The van der Waals surface area contributed by atoms with Crippen molar-refractivity contribution >= 4 is 22.7 Å². The molecule has 3 heteroatoms. The van der Waals surface area contributed by atoms with Gasteiger partial charge in [-0.05, 0) is 18.8 Å². The lowest BCUT2D eigenvalue weighted by atomic mass is 10.1. The fraction of sp³-hybridized carbons (Fsp3) is 0.895. The van der Waals surface area contributed by atoms with Gasteiger partial charge in [0.05, 0.1) is 0 Å². The Hall–Kier alpha value is -0.310. The van der Waals surface area contributed by atoms with Crippen LogP contribution in [0, 0.1) is 5.92 Å². The Morgan fingerprint density at radius 1 is 1.00 bits per heavy atom. The minimum absolute atomic E-state index is 0.302. The third-order valence-corrected chi connectivity index (χ3v) is 5.55. The fourth-order valence-corrected chi connectivity index (χ4v) is 4.07. The summed E-state index contributed by atoms with van der Waals surface area (Å²) < 4.78 is 0. The number of hydrogen-bond donors (Lipinski definition) is 0. The molecule has 0 radical (unpaired) electrons. The molecular formula is C19H34O2S. The number of ketones is 1. The Morgan fingerprint density at radius 3 is 2.14 bits per heavy atom. The van der Waals surface area contributed by atoms with Crippen LogP contribution in [0.1, 0.15) is 96.8 Å². The van der Waals surface area contributed by atoms with Gasteiger partial charge in [0.25, 0.3) is 0 Å². The summed E-state index contributed by atoms with van der Waals surface area (Å²) in [5.74, 6) is 1.66. The topological polar surface area (TPSA) is 34.1 Å². The molecule has 1 fully saturated rings. The molecule has 0 aliphatic heterocycles. The second kappa shape index (κ2) is 13.2.